The van der Waals surface area contributed by atoms with Crippen LogP contribution in [0.3, 0.4) is 0 Å². The molecule has 2 heterocycles. The zero-order valence-corrected chi connectivity index (χ0v) is 12.3. The Bertz CT molecular complexity index is 855. The highest BCUT2D eigenvalue weighted by Crippen LogP contribution is 2.34. The smallest absolute Gasteiger partial charge is 0.372 e. The highest BCUT2D eigenvalue weighted by Gasteiger charge is 2.35. The molecule has 0 aliphatic rings. The van der Waals surface area contributed by atoms with Crippen molar-refractivity contribution in [3.05, 3.63) is 36.0 Å². The van der Waals surface area contributed by atoms with Crippen LogP contribution in [0.2, 0.25) is 0 Å². The molecule has 1 aromatic carbocycles. The molecule has 0 radical (unpaired) electrons. The van der Waals surface area contributed by atoms with E-state index in [-0.39, 0.29) is 11.8 Å². The van der Waals surface area contributed by atoms with E-state index in [0.717, 1.165) is 17.1 Å². The molecule has 0 bridgehead atoms. The van der Waals surface area contributed by atoms with Crippen LogP contribution < -0.4 is 10.6 Å². The first-order chi connectivity index (χ1) is 10.9. The Kier molecular flexibility index (Phi) is 3.55. The number of nitrogens with zero attached hydrogens (tertiary/aromatic N) is 4. The third-order valence-corrected chi connectivity index (χ3v) is 3.32. The van der Waals surface area contributed by atoms with Gasteiger partial charge in [0.2, 0.25) is 5.95 Å². The van der Waals surface area contributed by atoms with Gasteiger partial charge in [0.1, 0.15) is 11.4 Å². The van der Waals surface area contributed by atoms with Gasteiger partial charge in [0.15, 0.2) is 5.82 Å². The molecule has 2 N–H and O–H groups in total. The van der Waals surface area contributed by atoms with Crippen LogP contribution in [0.15, 0.2) is 30.5 Å². The van der Waals surface area contributed by atoms with Crippen molar-refractivity contribution in [1.82, 2.24) is 19.7 Å². The second kappa shape index (κ2) is 5.41. The summed E-state index contributed by atoms with van der Waals surface area (Å²) in [5.74, 6) is 0.214. The molecule has 0 atom stereocenters. The Balaban J connectivity index is 2.00. The summed E-state index contributed by atoms with van der Waals surface area (Å²) < 4.78 is 40.2. The predicted octanol–water partition coefficient (Wildman–Crippen LogP) is 3.17. The molecule has 0 aliphatic carbocycles. The molecule has 0 saturated heterocycles. The van der Waals surface area contributed by atoms with Crippen LogP contribution in [0.25, 0.3) is 10.9 Å². The highest BCUT2D eigenvalue weighted by molar-refractivity contribution is 5.91. The van der Waals surface area contributed by atoms with E-state index >= 15 is 0 Å². The van der Waals surface area contributed by atoms with Crippen molar-refractivity contribution in [1.29, 1.82) is 0 Å². The number of halogens is 3. The second-order valence-electron chi connectivity index (χ2n) is 4.82. The molecule has 3 rings (SSSR count). The number of fused-ring (bicyclic) bond motifs is 1. The van der Waals surface area contributed by atoms with Gasteiger partial charge in [-0.1, -0.05) is 12.1 Å². The van der Waals surface area contributed by atoms with E-state index in [4.69, 9.17) is 0 Å². The van der Waals surface area contributed by atoms with Gasteiger partial charge in [-0.05, 0) is 12.1 Å². The minimum Gasteiger partial charge on any atom is -0.372 e. The summed E-state index contributed by atoms with van der Waals surface area (Å²) in [6.45, 7) is 0. The number of para-hydroxylation sites is 1. The van der Waals surface area contributed by atoms with E-state index in [1.54, 1.807) is 11.7 Å². The molecule has 3 aromatic rings. The van der Waals surface area contributed by atoms with Gasteiger partial charge < -0.3 is 10.6 Å². The zero-order valence-electron chi connectivity index (χ0n) is 12.3. The fourth-order valence-electron chi connectivity index (χ4n) is 2.25. The number of rotatable bonds is 3. The Morgan fingerprint density at radius 1 is 1.13 bits per heavy atom. The minimum absolute atomic E-state index is 0.0335. The first-order valence-corrected chi connectivity index (χ1v) is 6.71. The average Bonchev–Trinajstić information content (AvgIpc) is 2.83. The normalized spacial score (nSPS) is 11.7. The molecule has 9 heteroatoms. The minimum atomic E-state index is -4.52. The quantitative estimate of drug-likeness (QED) is 0.775. The van der Waals surface area contributed by atoms with Crippen molar-refractivity contribution in [2.24, 2.45) is 7.05 Å². The van der Waals surface area contributed by atoms with Gasteiger partial charge >= 0.3 is 6.18 Å². The maximum Gasteiger partial charge on any atom is 0.421 e. The predicted molar refractivity (Wildman–Crippen MR) is 80.6 cm³/mol. The summed E-state index contributed by atoms with van der Waals surface area (Å²) in [5, 5.41) is 10.4. The van der Waals surface area contributed by atoms with Crippen LogP contribution >= 0.6 is 0 Å². The number of benzene rings is 1. The first-order valence-electron chi connectivity index (χ1n) is 6.71. The first kappa shape index (κ1) is 15.1. The molecule has 6 nitrogen and oxygen atoms in total. The van der Waals surface area contributed by atoms with E-state index in [9.17, 15) is 13.2 Å². The molecule has 0 fully saturated rings. The molecule has 0 unspecified atom stereocenters. The molecule has 0 saturated carbocycles. The Morgan fingerprint density at radius 3 is 2.57 bits per heavy atom. The van der Waals surface area contributed by atoms with Crippen LogP contribution in [0.5, 0.6) is 0 Å². The maximum atomic E-state index is 12.8. The topological polar surface area (TPSA) is 67.7 Å². The van der Waals surface area contributed by atoms with E-state index in [1.807, 2.05) is 24.3 Å². The van der Waals surface area contributed by atoms with Gasteiger partial charge in [0.05, 0.1) is 5.52 Å². The molecule has 0 amide bonds. The van der Waals surface area contributed by atoms with Gasteiger partial charge in [0, 0.05) is 25.7 Å². The largest absolute Gasteiger partial charge is 0.421 e. The third-order valence-electron chi connectivity index (χ3n) is 3.32. The van der Waals surface area contributed by atoms with Gasteiger partial charge in [-0.2, -0.15) is 23.3 Å². The summed E-state index contributed by atoms with van der Waals surface area (Å²) in [7, 11) is 3.15. The van der Waals surface area contributed by atoms with Gasteiger partial charge in [-0.15, -0.1) is 0 Å². The second-order valence-corrected chi connectivity index (χ2v) is 4.82. The summed E-state index contributed by atoms with van der Waals surface area (Å²) in [4.78, 5) is 7.60. The van der Waals surface area contributed by atoms with E-state index in [2.05, 4.69) is 25.7 Å². The molecule has 23 heavy (non-hydrogen) atoms. The Morgan fingerprint density at radius 2 is 1.87 bits per heavy atom. The fourth-order valence-corrected chi connectivity index (χ4v) is 2.25. The van der Waals surface area contributed by atoms with Gasteiger partial charge in [0.25, 0.3) is 0 Å². The molecular weight excluding hydrogens is 309 g/mol. The van der Waals surface area contributed by atoms with Crippen LogP contribution in [0.1, 0.15) is 5.56 Å². The van der Waals surface area contributed by atoms with Crippen LogP contribution in [-0.2, 0) is 13.2 Å². The number of aryl methyl sites for hydroxylation is 1. The van der Waals surface area contributed by atoms with Gasteiger partial charge in [-0.3, -0.25) is 4.68 Å². The standard InChI is InChI=1S/C14H13F3N6/c1-18-12-9(14(15,16)17)7-19-13(21-12)20-11-8-5-3-4-6-10(8)23(2)22-11/h3-7H,1-2H3,(H2,18,19,20,21,22). The lowest BCUT2D eigenvalue weighted by atomic mass is 10.2. The van der Waals surface area contributed by atoms with Crippen LogP contribution in [0.4, 0.5) is 30.8 Å². The van der Waals surface area contributed by atoms with E-state index in [0.29, 0.717) is 5.82 Å². The van der Waals surface area contributed by atoms with Crippen molar-refractivity contribution >= 4 is 28.5 Å². The van der Waals surface area contributed by atoms with Crippen molar-refractivity contribution in [3.63, 3.8) is 0 Å². The molecular formula is C14H13F3N6. The van der Waals surface area contributed by atoms with Crippen molar-refractivity contribution < 1.29 is 13.2 Å². The molecule has 0 spiro atoms. The van der Waals surface area contributed by atoms with Gasteiger partial charge in [-0.25, -0.2) is 4.98 Å². The van der Waals surface area contributed by atoms with Crippen LogP contribution in [-0.4, -0.2) is 26.8 Å². The lowest BCUT2D eigenvalue weighted by molar-refractivity contribution is -0.137. The summed E-state index contributed by atoms with van der Waals surface area (Å²) in [6.07, 6.45) is -3.78. The summed E-state index contributed by atoms with van der Waals surface area (Å²) in [6, 6.07) is 7.47. The zero-order chi connectivity index (χ0) is 16.6. The number of nitrogens with one attached hydrogen (secondary N) is 2. The number of hydrogen-bond donors (Lipinski definition) is 2. The molecule has 120 valence electrons. The van der Waals surface area contributed by atoms with Crippen molar-refractivity contribution in [3.8, 4) is 0 Å². The fraction of sp³-hybridized carbons (Fsp3) is 0.214. The highest BCUT2D eigenvalue weighted by atomic mass is 19.4. The third kappa shape index (κ3) is 2.77. The van der Waals surface area contributed by atoms with Crippen molar-refractivity contribution in [2.45, 2.75) is 6.18 Å². The molecule has 0 aliphatic heterocycles. The van der Waals surface area contributed by atoms with E-state index in [1.165, 1.54) is 7.05 Å². The monoisotopic (exact) mass is 322 g/mol. The Labute approximate surface area is 129 Å². The summed E-state index contributed by atoms with van der Waals surface area (Å²) >= 11 is 0. The number of alkyl halides is 3. The lowest BCUT2D eigenvalue weighted by Gasteiger charge is -2.12. The maximum absolute atomic E-state index is 12.8. The average molecular weight is 322 g/mol. The Hall–Kier alpha value is -2.84. The molecule has 2 aromatic heterocycles. The number of aromatic nitrogens is 4. The summed E-state index contributed by atoms with van der Waals surface area (Å²) in [5.41, 5.74) is -0.0350. The number of hydrogen-bond acceptors (Lipinski definition) is 5. The lowest BCUT2D eigenvalue weighted by Crippen LogP contribution is -2.12. The van der Waals surface area contributed by atoms with E-state index < -0.39 is 11.7 Å². The SMILES string of the molecule is CNc1nc(Nc2nn(C)c3ccccc23)ncc1C(F)(F)F. The van der Waals surface area contributed by atoms with Crippen LogP contribution in [0, 0.1) is 0 Å². The number of anilines is 3. The van der Waals surface area contributed by atoms with Crippen molar-refractivity contribution in [2.75, 3.05) is 17.7 Å².